The van der Waals surface area contributed by atoms with Crippen LogP contribution < -0.4 is 5.43 Å². The van der Waals surface area contributed by atoms with E-state index in [9.17, 15) is 14.9 Å². The zero-order valence-electron chi connectivity index (χ0n) is 8.03. The van der Waals surface area contributed by atoms with Gasteiger partial charge in [-0.05, 0) is 0 Å². The van der Waals surface area contributed by atoms with E-state index in [0.29, 0.717) is 0 Å². The van der Waals surface area contributed by atoms with Crippen LogP contribution in [0, 0.1) is 10.1 Å². The zero-order chi connectivity index (χ0) is 12.4. The van der Waals surface area contributed by atoms with Crippen LogP contribution in [0.2, 0.25) is 4.34 Å². The zero-order valence-corrected chi connectivity index (χ0v) is 9.60. The van der Waals surface area contributed by atoms with Gasteiger partial charge in [-0.3, -0.25) is 20.3 Å². The maximum absolute atomic E-state index is 11.6. The molecule has 2 aromatic rings. The minimum Gasteiger partial charge on any atom is -0.266 e. The summed E-state index contributed by atoms with van der Waals surface area (Å²) in [6.07, 6.45) is 2.56. The van der Waals surface area contributed by atoms with Crippen molar-refractivity contribution in [1.82, 2.24) is 14.9 Å². The SMILES string of the molecule is O=C(Nn1cnnc1)c1cc([N+](=O)[O-])c(Cl)s1. The van der Waals surface area contributed by atoms with E-state index < -0.39 is 10.8 Å². The standard InChI is InChI=1S/C7H4ClN5O3S/c8-6-4(13(15)16)1-5(17-6)7(14)11-12-2-9-10-3-12/h1-3H,(H,11,14). The second kappa shape index (κ2) is 4.47. The topological polar surface area (TPSA) is 103 Å². The van der Waals surface area contributed by atoms with Gasteiger partial charge < -0.3 is 0 Å². The van der Waals surface area contributed by atoms with Gasteiger partial charge >= 0.3 is 0 Å². The fourth-order valence-electron chi connectivity index (χ4n) is 1.03. The van der Waals surface area contributed by atoms with Gasteiger partial charge in [-0.2, -0.15) is 0 Å². The number of aromatic nitrogens is 3. The van der Waals surface area contributed by atoms with Gasteiger partial charge in [0, 0.05) is 6.07 Å². The first-order valence-corrected chi connectivity index (χ1v) is 5.37. The number of thiophene rings is 1. The van der Waals surface area contributed by atoms with Crippen molar-refractivity contribution in [1.29, 1.82) is 0 Å². The third kappa shape index (κ3) is 2.40. The average Bonchev–Trinajstić information content (AvgIpc) is 2.86. The largest absolute Gasteiger partial charge is 0.299 e. The molecule has 0 bridgehead atoms. The van der Waals surface area contributed by atoms with Gasteiger partial charge in [0.1, 0.15) is 17.5 Å². The van der Waals surface area contributed by atoms with Crippen molar-refractivity contribution in [3.8, 4) is 0 Å². The molecule has 2 rings (SSSR count). The lowest BCUT2D eigenvalue weighted by atomic mass is 10.4. The third-order valence-electron chi connectivity index (χ3n) is 1.74. The minimum atomic E-state index is -0.644. The Balaban J connectivity index is 2.20. The van der Waals surface area contributed by atoms with E-state index in [1.54, 1.807) is 0 Å². The van der Waals surface area contributed by atoms with Crippen LogP contribution in [0.25, 0.3) is 0 Å². The van der Waals surface area contributed by atoms with Crippen molar-refractivity contribution in [3.05, 3.63) is 38.0 Å². The Morgan fingerprint density at radius 1 is 1.53 bits per heavy atom. The first-order valence-electron chi connectivity index (χ1n) is 4.17. The Hall–Kier alpha value is -2.00. The van der Waals surface area contributed by atoms with Crippen LogP contribution in [-0.2, 0) is 0 Å². The van der Waals surface area contributed by atoms with E-state index in [2.05, 4.69) is 15.6 Å². The molecular weight excluding hydrogens is 270 g/mol. The van der Waals surface area contributed by atoms with Crippen molar-refractivity contribution in [2.75, 3.05) is 5.43 Å². The van der Waals surface area contributed by atoms with Crippen LogP contribution in [0.1, 0.15) is 9.67 Å². The van der Waals surface area contributed by atoms with Crippen molar-refractivity contribution >= 4 is 34.5 Å². The first kappa shape index (κ1) is 11.5. The number of nitro groups is 1. The number of nitrogens with zero attached hydrogens (tertiary/aromatic N) is 4. The van der Waals surface area contributed by atoms with Gasteiger partial charge in [0.25, 0.3) is 11.6 Å². The number of carbonyl (C=O) groups is 1. The molecule has 10 heteroatoms. The van der Waals surface area contributed by atoms with Crippen molar-refractivity contribution < 1.29 is 9.72 Å². The van der Waals surface area contributed by atoms with Gasteiger partial charge in [0.15, 0.2) is 4.34 Å². The molecule has 2 aromatic heterocycles. The molecule has 1 amide bonds. The highest BCUT2D eigenvalue weighted by Gasteiger charge is 2.21. The monoisotopic (exact) mass is 273 g/mol. The highest BCUT2D eigenvalue weighted by molar-refractivity contribution is 7.18. The fraction of sp³-hybridized carbons (Fsp3) is 0. The first-order chi connectivity index (χ1) is 8.08. The summed E-state index contributed by atoms with van der Waals surface area (Å²) in [4.78, 5) is 21.7. The molecule has 0 aliphatic heterocycles. The molecule has 0 saturated carbocycles. The molecule has 1 N–H and O–H groups in total. The number of halogens is 1. The fourth-order valence-corrected chi connectivity index (χ4v) is 2.14. The Labute approximate surface area is 103 Å². The molecule has 0 fully saturated rings. The second-order valence-corrected chi connectivity index (χ2v) is 4.49. The molecule has 0 unspecified atom stereocenters. The number of hydrogen-bond acceptors (Lipinski definition) is 6. The molecule has 0 radical (unpaired) electrons. The van der Waals surface area contributed by atoms with E-state index in [-0.39, 0.29) is 14.9 Å². The van der Waals surface area contributed by atoms with E-state index in [0.717, 1.165) is 17.4 Å². The van der Waals surface area contributed by atoms with Crippen LogP contribution in [-0.4, -0.2) is 25.7 Å². The minimum absolute atomic E-state index is 0.0380. The molecule has 0 atom stereocenters. The smallest absolute Gasteiger partial charge is 0.266 e. The van der Waals surface area contributed by atoms with E-state index >= 15 is 0 Å². The van der Waals surface area contributed by atoms with Crippen LogP contribution in [0.3, 0.4) is 0 Å². The maximum atomic E-state index is 11.6. The molecule has 2 heterocycles. The molecule has 8 nitrogen and oxygen atoms in total. The molecule has 0 aliphatic carbocycles. The maximum Gasteiger partial charge on any atom is 0.299 e. The summed E-state index contributed by atoms with van der Waals surface area (Å²) in [7, 11) is 0. The van der Waals surface area contributed by atoms with Crippen LogP contribution >= 0.6 is 22.9 Å². The number of nitrogens with one attached hydrogen (secondary N) is 1. The number of amides is 1. The van der Waals surface area contributed by atoms with E-state index in [1.807, 2.05) is 0 Å². The summed E-state index contributed by atoms with van der Waals surface area (Å²) in [5, 5.41) is 17.5. The Morgan fingerprint density at radius 3 is 2.71 bits per heavy atom. The summed E-state index contributed by atoms with van der Waals surface area (Å²) in [6.45, 7) is 0. The Bertz CT molecular complexity index is 566. The molecule has 0 saturated heterocycles. The van der Waals surface area contributed by atoms with Gasteiger partial charge in [-0.1, -0.05) is 11.6 Å². The lowest BCUT2D eigenvalue weighted by Gasteiger charge is -2.00. The predicted octanol–water partition coefficient (Wildman–Crippen LogP) is 1.29. The summed E-state index contributed by atoms with van der Waals surface area (Å²) in [5.74, 6) is -0.523. The van der Waals surface area contributed by atoms with Crippen molar-refractivity contribution in [3.63, 3.8) is 0 Å². The molecular formula is C7H4ClN5O3S. The Kier molecular flexibility index (Phi) is 3.02. The predicted molar refractivity (Wildman–Crippen MR) is 59.7 cm³/mol. The van der Waals surface area contributed by atoms with Crippen molar-refractivity contribution in [2.24, 2.45) is 0 Å². The van der Waals surface area contributed by atoms with E-state index in [1.165, 1.54) is 17.3 Å². The summed E-state index contributed by atoms with van der Waals surface area (Å²) in [6, 6.07) is 1.12. The second-order valence-electron chi connectivity index (χ2n) is 2.84. The quantitative estimate of drug-likeness (QED) is 0.670. The lowest BCUT2D eigenvalue weighted by molar-refractivity contribution is -0.384. The van der Waals surface area contributed by atoms with Gasteiger partial charge in [-0.25, -0.2) is 4.68 Å². The summed E-state index contributed by atoms with van der Waals surface area (Å²) < 4.78 is 1.19. The van der Waals surface area contributed by atoms with Gasteiger partial charge in [0.2, 0.25) is 0 Å². The Morgan fingerprint density at radius 2 is 2.18 bits per heavy atom. The van der Waals surface area contributed by atoms with Crippen LogP contribution in [0.15, 0.2) is 18.7 Å². The number of hydrogen-bond donors (Lipinski definition) is 1. The van der Waals surface area contributed by atoms with Crippen LogP contribution in [0.5, 0.6) is 0 Å². The summed E-state index contributed by atoms with van der Waals surface area (Å²) in [5.41, 5.74) is 2.11. The number of rotatable bonds is 3. The highest BCUT2D eigenvalue weighted by Crippen LogP contribution is 2.33. The third-order valence-corrected chi connectivity index (χ3v) is 3.08. The summed E-state index contributed by atoms with van der Waals surface area (Å²) >= 11 is 6.46. The van der Waals surface area contributed by atoms with E-state index in [4.69, 9.17) is 11.6 Å². The normalized spacial score (nSPS) is 10.2. The molecule has 0 spiro atoms. The molecule has 17 heavy (non-hydrogen) atoms. The molecule has 88 valence electrons. The molecule has 0 aromatic carbocycles. The molecule has 0 aliphatic rings. The van der Waals surface area contributed by atoms with Crippen LogP contribution in [0.4, 0.5) is 5.69 Å². The van der Waals surface area contributed by atoms with Crippen molar-refractivity contribution in [2.45, 2.75) is 0 Å². The van der Waals surface area contributed by atoms with Gasteiger partial charge in [0.05, 0.1) is 4.92 Å². The lowest BCUT2D eigenvalue weighted by Crippen LogP contribution is -2.20. The van der Waals surface area contributed by atoms with Gasteiger partial charge in [-0.15, -0.1) is 21.5 Å². The number of carbonyl (C=O) groups excluding carboxylic acids is 1. The highest BCUT2D eigenvalue weighted by atomic mass is 35.5. The average molecular weight is 274 g/mol.